The number of halogens is 1. The Morgan fingerprint density at radius 1 is 1.14 bits per heavy atom. The maximum atomic E-state index is 12.6. The van der Waals surface area contributed by atoms with E-state index in [0.717, 1.165) is 25.7 Å². The van der Waals surface area contributed by atoms with Crippen molar-refractivity contribution in [1.82, 2.24) is 10.2 Å². The second-order valence-corrected chi connectivity index (χ2v) is 5.86. The van der Waals surface area contributed by atoms with E-state index in [-0.39, 0.29) is 11.6 Å². The number of barbiturate groups is 1. The van der Waals surface area contributed by atoms with Crippen molar-refractivity contribution in [2.24, 2.45) is 0 Å². The maximum absolute atomic E-state index is 12.6. The van der Waals surface area contributed by atoms with E-state index in [1.165, 1.54) is 11.0 Å². The average molecular weight is 319 g/mol. The molecule has 4 amide bonds. The number of rotatable bonds is 2. The predicted octanol–water partition coefficient (Wildman–Crippen LogP) is 2.74. The molecule has 2 fully saturated rings. The molecule has 1 heterocycles. The fourth-order valence-corrected chi connectivity index (χ4v) is 3.10. The molecule has 1 aromatic carbocycles. The summed E-state index contributed by atoms with van der Waals surface area (Å²) in [5.41, 5.74) is 0.517. The number of carbonyl (C=O) groups is 3. The maximum Gasteiger partial charge on any atom is 0.331 e. The zero-order valence-electron chi connectivity index (χ0n) is 11.8. The van der Waals surface area contributed by atoms with Crippen LogP contribution < -0.4 is 5.32 Å². The molecule has 0 radical (unpaired) electrons. The first-order valence-electron chi connectivity index (χ1n) is 7.23. The summed E-state index contributed by atoms with van der Waals surface area (Å²) < 4.78 is 0. The molecular weight excluding hydrogens is 304 g/mol. The normalized spacial score (nSPS) is 21.6. The minimum atomic E-state index is -0.677. The molecule has 0 aromatic heterocycles. The number of imide groups is 2. The molecule has 0 unspecified atom stereocenters. The fourth-order valence-electron chi connectivity index (χ4n) is 2.91. The first kappa shape index (κ1) is 14.8. The molecule has 0 spiro atoms. The van der Waals surface area contributed by atoms with Crippen LogP contribution in [0.5, 0.6) is 0 Å². The summed E-state index contributed by atoms with van der Waals surface area (Å²) >= 11 is 6.06. The Bertz CT molecular complexity index is 678. The van der Waals surface area contributed by atoms with Crippen LogP contribution in [0.1, 0.15) is 31.2 Å². The summed E-state index contributed by atoms with van der Waals surface area (Å²) in [5.74, 6) is -1.22. The zero-order valence-corrected chi connectivity index (χ0v) is 12.6. The van der Waals surface area contributed by atoms with Gasteiger partial charge in [-0.25, -0.2) is 4.79 Å². The molecule has 2 aliphatic rings. The summed E-state index contributed by atoms with van der Waals surface area (Å²) in [6.45, 7) is 0. The van der Waals surface area contributed by atoms with E-state index in [9.17, 15) is 14.4 Å². The number of amides is 4. The van der Waals surface area contributed by atoms with Crippen molar-refractivity contribution in [3.63, 3.8) is 0 Å². The van der Waals surface area contributed by atoms with E-state index in [1.807, 2.05) is 0 Å². The molecule has 114 valence electrons. The number of hydrogen-bond donors (Lipinski definition) is 1. The van der Waals surface area contributed by atoms with Crippen LogP contribution in [0, 0.1) is 0 Å². The number of carbonyl (C=O) groups excluding carboxylic acids is 3. The lowest BCUT2D eigenvalue weighted by atomic mass is 10.1. The Kier molecular flexibility index (Phi) is 3.98. The molecule has 1 aromatic rings. The van der Waals surface area contributed by atoms with Gasteiger partial charge < -0.3 is 0 Å². The Labute approximate surface area is 132 Å². The van der Waals surface area contributed by atoms with Crippen LogP contribution in [-0.2, 0) is 9.59 Å². The molecule has 1 saturated heterocycles. The molecule has 3 rings (SSSR count). The van der Waals surface area contributed by atoms with Gasteiger partial charge in [0, 0.05) is 11.1 Å². The number of benzene rings is 1. The highest BCUT2D eigenvalue weighted by Crippen LogP contribution is 2.27. The standard InChI is InChI=1S/C16H15ClN2O3/c17-13-8-4-1-5-10(13)9-12-14(20)18-16(22)19(15(12)21)11-6-2-3-7-11/h1,4-5,8-9,11H,2-3,6-7H2,(H,18,20,22)/b12-9+. The molecule has 0 atom stereocenters. The van der Waals surface area contributed by atoms with E-state index < -0.39 is 17.8 Å². The van der Waals surface area contributed by atoms with Gasteiger partial charge in [0.05, 0.1) is 0 Å². The average Bonchev–Trinajstić information content (AvgIpc) is 2.99. The fraction of sp³-hybridized carbons (Fsp3) is 0.312. The van der Waals surface area contributed by atoms with Crippen molar-refractivity contribution in [3.8, 4) is 0 Å². The second-order valence-electron chi connectivity index (χ2n) is 5.45. The highest BCUT2D eigenvalue weighted by Gasteiger charge is 2.40. The number of urea groups is 1. The number of nitrogens with one attached hydrogen (secondary N) is 1. The van der Waals surface area contributed by atoms with Crippen LogP contribution in [0.4, 0.5) is 4.79 Å². The van der Waals surface area contributed by atoms with Crippen molar-refractivity contribution in [1.29, 1.82) is 0 Å². The largest absolute Gasteiger partial charge is 0.331 e. The minimum Gasteiger partial charge on any atom is -0.273 e. The van der Waals surface area contributed by atoms with Gasteiger partial charge in [-0.1, -0.05) is 42.6 Å². The minimum absolute atomic E-state index is 0.0559. The third-order valence-corrected chi connectivity index (χ3v) is 4.37. The lowest BCUT2D eigenvalue weighted by Gasteiger charge is -2.31. The van der Waals surface area contributed by atoms with Crippen LogP contribution in [0.3, 0.4) is 0 Å². The molecule has 0 bridgehead atoms. The highest BCUT2D eigenvalue weighted by molar-refractivity contribution is 6.34. The van der Waals surface area contributed by atoms with E-state index in [1.54, 1.807) is 24.3 Å². The smallest absolute Gasteiger partial charge is 0.273 e. The second kappa shape index (κ2) is 5.93. The molecule has 5 nitrogen and oxygen atoms in total. The molecule has 1 aliphatic carbocycles. The van der Waals surface area contributed by atoms with Gasteiger partial charge in [-0.3, -0.25) is 19.8 Å². The summed E-state index contributed by atoms with van der Waals surface area (Å²) in [6.07, 6.45) is 4.98. The Morgan fingerprint density at radius 3 is 2.50 bits per heavy atom. The van der Waals surface area contributed by atoms with Crippen LogP contribution >= 0.6 is 11.6 Å². The van der Waals surface area contributed by atoms with E-state index in [4.69, 9.17) is 11.6 Å². The Balaban J connectivity index is 1.96. The zero-order chi connectivity index (χ0) is 15.7. The number of hydrogen-bond acceptors (Lipinski definition) is 3. The third kappa shape index (κ3) is 2.64. The lowest BCUT2D eigenvalue weighted by molar-refractivity contribution is -0.131. The SMILES string of the molecule is O=C1NC(=O)N(C2CCCC2)C(=O)/C1=C/c1ccccc1Cl. The van der Waals surface area contributed by atoms with Crippen LogP contribution in [0.15, 0.2) is 29.8 Å². The number of nitrogens with zero attached hydrogens (tertiary/aromatic N) is 1. The molecule has 1 aliphatic heterocycles. The molecule has 22 heavy (non-hydrogen) atoms. The predicted molar refractivity (Wildman–Crippen MR) is 82.1 cm³/mol. The topological polar surface area (TPSA) is 66.5 Å². The van der Waals surface area contributed by atoms with Gasteiger partial charge in [0.15, 0.2) is 0 Å². The lowest BCUT2D eigenvalue weighted by Crippen LogP contribution is -2.57. The van der Waals surface area contributed by atoms with Crippen LogP contribution in [0.25, 0.3) is 6.08 Å². The Morgan fingerprint density at radius 2 is 1.82 bits per heavy atom. The van der Waals surface area contributed by atoms with Gasteiger partial charge in [0.25, 0.3) is 11.8 Å². The van der Waals surface area contributed by atoms with E-state index in [2.05, 4.69) is 5.32 Å². The summed E-state index contributed by atoms with van der Waals surface area (Å²) in [5, 5.41) is 2.69. The quantitative estimate of drug-likeness (QED) is 0.673. The van der Waals surface area contributed by atoms with Crippen molar-refractivity contribution < 1.29 is 14.4 Å². The van der Waals surface area contributed by atoms with Crippen molar-refractivity contribution in [2.75, 3.05) is 0 Å². The van der Waals surface area contributed by atoms with E-state index in [0.29, 0.717) is 10.6 Å². The van der Waals surface area contributed by atoms with E-state index >= 15 is 0 Å². The van der Waals surface area contributed by atoms with Gasteiger partial charge in [0.2, 0.25) is 0 Å². The monoisotopic (exact) mass is 318 g/mol. The first-order chi connectivity index (χ1) is 10.6. The van der Waals surface area contributed by atoms with Gasteiger partial charge in [-0.15, -0.1) is 0 Å². The molecule has 6 heteroatoms. The van der Waals surface area contributed by atoms with Crippen molar-refractivity contribution >= 4 is 35.5 Å². The summed E-state index contributed by atoms with van der Waals surface area (Å²) in [6, 6.07) is 6.17. The Hall–Kier alpha value is -2.14. The van der Waals surface area contributed by atoms with Gasteiger partial charge >= 0.3 is 6.03 Å². The first-order valence-corrected chi connectivity index (χ1v) is 7.61. The van der Waals surface area contributed by atoms with Crippen molar-refractivity contribution in [2.45, 2.75) is 31.7 Å². The third-order valence-electron chi connectivity index (χ3n) is 4.03. The van der Waals surface area contributed by atoms with Crippen LogP contribution in [0.2, 0.25) is 5.02 Å². The molecule has 1 saturated carbocycles. The summed E-state index contributed by atoms with van der Waals surface area (Å²) in [7, 11) is 0. The van der Waals surface area contributed by atoms with Crippen LogP contribution in [-0.4, -0.2) is 28.8 Å². The highest BCUT2D eigenvalue weighted by atomic mass is 35.5. The summed E-state index contributed by atoms with van der Waals surface area (Å²) in [4.78, 5) is 37.7. The molecule has 1 N–H and O–H groups in total. The van der Waals surface area contributed by atoms with Gasteiger partial charge in [0.1, 0.15) is 5.57 Å². The van der Waals surface area contributed by atoms with Gasteiger partial charge in [-0.2, -0.15) is 0 Å². The van der Waals surface area contributed by atoms with Gasteiger partial charge in [-0.05, 0) is 30.5 Å². The van der Waals surface area contributed by atoms with Crippen molar-refractivity contribution in [3.05, 3.63) is 40.4 Å². The molecular formula is C16H15ClN2O3.